The van der Waals surface area contributed by atoms with Gasteiger partial charge in [-0.3, -0.25) is 4.79 Å². The Bertz CT molecular complexity index is 1230. The zero-order valence-corrected chi connectivity index (χ0v) is 18.8. The first-order valence-electron chi connectivity index (χ1n) is 10.8. The maximum atomic E-state index is 11.9. The molecule has 0 amide bonds. The number of anilines is 1. The van der Waals surface area contributed by atoms with Crippen LogP contribution in [-0.4, -0.2) is 59.8 Å². The number of nitrogens with one attached hydrogen (secondary N) is 2. The predicted octanol–water partition coefficient (Wildman–Crippen LogP) is 2.41. The minimum Gasteiger partial charge on any atom is -0.466 e. The fourth-order valence-electron chi connectivity index (χ4n) is 3.72. The van der Waals surface area contributed by atoms with Gasteiger partial charge >= 0.3 is 5.97 Å². The molecule has 2 unspecified atom stereocenters. The highest BCUT2D eigenvalue weighted by molar-refractivity contribution is 7.11. The minimum absolute atomic E-state index is 0.0238. The van der Waals surface area contributed by atoms with E-state index in [9.17, 15) is 4.79 Å². The Morgan fingerprint density at radius 1 is 1.39 bits per heavy atom. The summed E-state index contributed by atoms with van der Waals surface area (Å²) < 4.78 is 12.5. The summed E-state index contributed by atoms with van der Waals surface area (Å²) in [7, 11) is 0. The zero-order valence-electron chi connectivity index (χ0n) is 18.0. The van der Waals surface area contributed by atoms with Crippen LogP contribution >= 0.6 is 11.3 Å². The number of ether oxygens (including phenoxy) is 2. The van der Waals surface area contributed by atoms with Gasteiger partial charge < -0.3 is 14.8 Å². The van der Waals surface area contributed by atoms with E-state index in [0.29, 0.717) is 19.0 Å². The van der Waals surface area contributed by atoms with Gasteiger partial charge in [-0.15, -0.1) is 16.4 Å². The molecule has 0 saturated carbocycles. The fourth-order valence-corrected chi connectivity index (χ4v) is 4.77. The number of carbonyl (C=O) groups excluding carboxylic acids is 1. The van der Waals surface area contributed by atoms with Crippen molar-refractivity contribution < 1.29 is 14.3 Å². The van der Waals surface area contributed by atoms with Crippen LogP contribution in [0.1, 0.15) is 54.0 Å². The fraction of sp³-hybridized carbons (Fsp3) is 0.450. The topological polar surface area (TPSA) is 146 Å². The Labute approximate surface area is 192 Å². The molecule has 3 aromatic heterocycles. The molecule has 1 aromatic carbocycles. The molecule has 33 heavy (non-hydrogen) atoms. The Morgan fingerprint density at radius 2 is 2.30 bits per heavy atom. The van der Waals surface area contributed by atoms with Crippen molar-refractivity contribution in [2.24, 2.45) is 0 Å². The Kier molecular flexibility index (Phi) is 6.21. The molecule has 4 aromatic rings. The average molecular weight is 470 g/mol. The molecule has 0 spiro atoms. The van der Waals surface area contributed by atoms with E-state index in [2.05, 4.69) is 41.2 Å². The molecule has 1 aliphatic rings. The van der Waals surface area contributed by atoms with Crippen molar-refractivity contribution in [3.63, 3.8) is 0 Å². The minimum atomic E-state index is -0.390. The van der Waals surface area contributed by atoms with Crippen LogP contribution < -0.4 is 5.32 Å². The third-order valence-corrected chi connectivity index (χ3v) is 6.46. The number of hydrogen-bond donors (Lipinski definition) is 2. The molecule has 12 nitrogen and oxygen atoms in total. The second-order valence-electron chi connectivity index (χ2n) is 7.52. The molecule has 13 heteroatoms. The smallest absolute Gasteiger partial charge is 0.307 e. The Hall–Kier alpha value is -3.45. The molecular weight excluding hydrogens is 446 g/mol. The number of carbonyl (C=O) groups is 1. The number of esters is 1. The molecule has 1 saturated heterocycles. The lowest BCUT2D eigenvalue weighted by molar-refractivity contribution is -0.143. The molecule has 2 N–H and O–H groups in total. The summed E-state index contributed by atoms with van der Waals surface area (Å²) in [4.78, 5) is 17.4. The summed E-state index contributed by atoms with van der Waals surface area (Å²) >= 11 is 1.57. The summed E-state index contributed by atoms with van der Waals surface area (Å²) in [5.74, 6) is 0.278. The van der Waals surface area contributed by atoms with Gasteiger partial charge in [-0.2, -0.15) is 15.4 Å². The van der Waals surface area contributed by atoms with E-state index in [-0.39, 0.29) is 24.5 Å². The molecular formula is C20H23N9O3S. The molecule has 0 bridgehead atoms. The largest absolute Gasteiger partial charge is 0.466 e. The molecule has 0 aliphatic carbocycles. The van der Waals surface area contributed by atoms with E-state index in [1.54, 1.807) is 22.9 Å². The second kappa shape index (κ2) is 9.58. The summed E-state index contributed by atoms with van der Waals surface area (Å²) in [5, 5.41) is 27.6. The number of H-pyrrole nitrogens is 1. The number of aromatic nitrogens is 8. The first-order valence-corrected chi connectivity index (χ1v) is 11.6. The molecule has 1 fully saturated rings. The van der Waals surface area contributed by atoms with Gasteiger partial charge in [0.2, 0.25) is 0 Å². The number of rotatable bonds is 9. The molecule has 2 atom stereocenters. The van der Waals surface area contributed by atoms with Crippen LogP contribution in [0.15, 0.2) is 24.4 Å². The van der Waals surface area contributed by atoms with E-state index in [0.717, 1.165) is 46.1 Å². The molecule has 172 valence electrons. The van der Waals surface area contributed by atoms with E-state index in [1.165, 1.54) is 0 Å². The zero-order chi connectivity index (χ0) is 22.6. The van der Waals surface area contributed by atoms with Gasteiger partial charge in [0.1, 0.15) is 28.2 Å². The number of hydrogen-bond acceptors (Lipinski definition) is 11. The average Bonchev–Trinajstić information content (AvgIpc) is 3.62. The summed E-state index contributed by atoms with van der Waals surface area (Å²) in [6.07, 6.45) is 4.03. The standard InChI is InChI=1S/C20H23N9O3S/c1-2-31-17(30)7-8-29-19(25-27-28-29)18(16-11-21-20(33-16)15-4-3-9-32-15)22-12-5-6-13-14(10-12)24-26-23-13/h5-6,10-11,15,18,22H,2-4,7-9H2,1H3,(H,23,24,26). The monoisotopic (exact) mass is 469 g/mol. The van der Waals surface area contributed by atoms with Gasteiger partial charge in [-0.05, 0) is 48.4 Å². The van der Waals surface area contributed by atoms with E-state index < -0.39 is 0 Å². The third kappa shape index (κ3) is 4.68. The van der Waals surface area contributed by atoms with Crippen molar-refractivity contribution >= 4 is 34.0 Å². The lowest BCUT2D eigenvalue weighted by Gasteiger charge is -2.18. The lowest BCUT2D eigenvalue weighted by atomic mass is 10.2. The van der Waals surface area contributed by atoms with Crippen LogP contribution in [-0.2, 0) is 20.8 Å². The summed E-state index contributed by atoms with van der Waals surface area (Å²) in [6.45, 7) is 3.18. The van der Waals surface area contributed by atoms with E-state index >= 15 is 0 Å². The Morgan fingerprint density at radius 3 is 3.15 bits per heavy atom. The van der Waals surface area contributed by atoms with Crippen molar-refractivity contribution in [1.82, 2.24) is 40.6 Å². The number of fused-ring (bicyclic) bond motifs is 1. The van der Waals surface area contributed by atoms with Crippen LogP contribution in [0.25, 0.3) is 11.0 Å². The van der Waals surface area contributed by atoms with Gasteiger partial charge in [0, 0.05) is 18.5 Å². The van der Waals surface area contributed by atoms with E-state index in [4.69, 9.17) is 9.47 Å². The number of nitrogens with zero attached hydrogens (tertiary/aromatic N) is 7. The third-order valence-electron chi connectivity index (χ3n) is 5.31. The van der Waals surface area contributed by atoms with Gasteiger partial charge in [0.05, 0.1) is 24.4 Å². The number of aromatic amines is 1. The highest BCUT2D eigenvalue weighted by atomic mass is 32.1. The van der Waals surface area contributed by atoms with E-state index in [1.807, 2.05) is 24.4 Å². The van der Waals surface area contributed by atoms with Crippen LogP contribution in [0.3, 0.4) is 0 Å². The highest BCUT2D eigenvalue weighted by Crippen LogP contribution is 2.36. The number of aryl methyl sites for hydroxylation is 1. The van der Waals surface area contributed by atoms with Crippen LogP contribution in [0.5, 0.6) is 0 Å². The lowest BCUT2D eigenvalue weighted by Crippen LogP contribution is -2.19. The summed E-state index contributed by atoms with van der Waals surface area (Å²) in [5.41, 5.74) is 2.34. The van der Waals surface area contributed by atoms with Crippen LogP contribution in [0, 0.1) is 0 Å². The number of thiazole rings is 1. The van der Waals surface area contributed by atoms with Crippen molar-refractivity contribution in [3.05, 3.63) is 40.1 Å². The second-order valence-corrected chi connectivity index (χ2v) is 8.62. The Balaban J connectivity index is 1.45. The highest BCUT2D eigenvalue weighted by Gasteiger charge is 2.27. The molecule has 0 radical (unpaired) electrons. The number of tetrazole rings is 1. The van der Waals surface area contributed by atoms with Crippen molar-refractivity contribution in [1.29, 1.82) is 0 Å². The van der Waals surface area contributed by atoms with Gasteiger partial charge in [0.25, 0.3) is 0 Å². The first-order chi connectivity index (χ1) is 16.2. The maximum Gasteiger partial charge on any atom is 0.307 e. The molecule has 5 rings (SSSR count). The quantitative estimate of drug-likeness (QED) is 0.350. The van der Waals surface area contributed by atoms with Crippen LogP contribution in [0.2, 0.25) is 0 Å². The predicted molar refractivity (Wildman–Crippen MR) is 118 cm³/mol. The normalized spacial score (nSPS) is 16.8. The number of benzene rings is 1. The van der Waals surface area contributed by atoms with Crippen molar-refractivity contribution in [2.45, 2.75) is 44.9 Å². The SMILES string of the molecule is CCOC(=O)CCn1nnnc1C(Nc1ccc2n[nH]nc2c1)c1cnc(C2CCCO2)s1. The first kappa shape index (κ1) is 21.4. The van der Waals surface area contributed by atoms with Crippen LogP contribution in [0.4, 0.5) is 5.69 Å². The van der Waals surface area contributed by atoms with Crippen molar-refractivity contribution in [3.8, 4) is 0 Å². The van der Waals surface area contributed by atoms with Gasteiger partial charge in [0.15, 0.2) is 5.82 Å². The van der Waals surface area contributed by atoms with Gasteiger partial charge in [-0.25, -0.2) is 9.67 Å². The molecule has 4 heterocycles. The maximum absolute atomic E-state index is 11.9. The van der Waals surface area contributed by atoms with Gasteiger partial charge in [-0.1, -0.05) is 0 Å². The summed E-state index contributed by atoms with van der Waals surface area (Å²) in [6, 6.07) is 5.32. The molecule has 1 aliphatic heterocycles. The van der Waals surface area contributed by atoms with Crippen molar-refractivity contribution in [2.75, 3.05) is 18.5 Å².